The number of pyridine rings is 2. The summed E-state index contributed by atoms with van der Waals surface area (Å²) in [5.41, 5.74) is 20.2. The molecule has 9 heterocycles. The zero-order chi connectivity index (χ0) is 45.6. The molecule has 0 amide bonds. The number of benzene rings is 5. The van der Waals surface area contributed by atoms with E-state index in [1.807, 2.05) is 0 Å². The standard InChI is InChI=1S/C63H68N4/c1-47-42-58(54-23-15-9-16-24-54)43-48(2)62(47)67-59-25-17-8-7-12-19-50-28-36-56(37-29-50)61-41-32-52(44-65-61)21-13-5-3-10-18-49-26-34-55(35-27-49)60-40-33-53(45-64-60)22-14-6-4-11-20-51-30-38-57(39-31-51)63(67)66-46-59/h9,15-16,23-24,26-46H,3-8,10-14,17-22,25H2,1-2H3. The van der Waals surface area contributed by atoms with E-state index in [-0.39, 0.29) is 0 Å². The number of rotatable bonds is 2. The van der Waals surface area contributed by atoms with Crippen LogP contribution in [0.2, 0.25) is 0 Å². The zero-order valence-corrected chi connectivity index (χ0v) is 40.0. The Kier molecular flexibility index (Phi) is 15.6. The van der Waals surface area contributed by atoms with Crippen LogP contribution in [-0.2, 0) is 38.5 Å². The normalized spacial score (nSPS) is 14.8. The summed E-state index contributed by atoms with van der Waals surface area (Å²) in [5.74, 6) is 1.03. The van der Waals surface area contributed by atoms with E-state index in [1.54, 1.807) is 0 Å². The average molecular weight is 881 g/mol. The van der Waals surface area contributed by atoms with Gasteiger partial charge >= 0.3 is 0 Å². The summed E-state index contributed by atoms with van der Waals surface area (Å²) in [6.07, 6.45) is 27.4. The van der Waals surface area contributed by atoms with Crippen LogP contribution in [0.4, 0.5) is 0 Å². The molecule has 12 bridgehead atoms. The Balaban J connectivity index is 0.889. The number of aromatic nitrogens is 4. The first-order chi connectivity index (χ1) is 33.0. The van der Waals surface area contributed by atoms with E-state index in [1.165, 1.54) is 149 Å². The monoisotopic (exact) mass is 881 g/mol. The Morgan fingerprint density at radius 2 is 0.731 bits per heavy atom. The maximum Gasteiger partial charge on any atom is 0.144 e. The third-order valence-electron chi connectivity index (χ3n) is 14.0. The van der Waals surface area contributed by atoms with Gasteiger partial charge in [0.25, 0.3) is 0 Å². The van der Waals surface area contributed by atoms with E-state index in [0.717, 1.165) is 62.2 Å². The van der Waals surface area contributed by atoms with E-state index in [0.29, 0.717) is 0 Å². The average Bonchev–Trinajstić information content (AvgIpc) is 3.78. The van der Waals surface area contributed by atoms with Crippen LogP contribution in [0.5, 0.6) is 0 Å². The third kappa shape index (κ3) is 12.1. The minimum absolute atomic E-state index is 1.00. The Morgan fingerprint density at radius 1 is 0.328 bits per heavy atom. The van der Waals surface area contributed by atoms with Crippen molar-refractivity contribution in [2.24, 2.45) is 0 Å². The highest BCUT2D eigenvalue weighted by Crippen LogP contribution is 2.33. The maximum atomic E-state index is 5.16. The molecule has 4 heteroatoms. The lowest BCUT2D eigenvalue weighted by atomic mass is 9.98. The quantitative estimate of drug-likeness (QED) is 0.174. The lowest BCUT2D eigenvalue weighted by Crippen LogP contribution is -2.07. The van der Waals surface area contributed by atoms with Crippen molar-refractivity contribution in [2.45, 2.75) is 129 Å². The summed E-state index contributed by atoms with van der Waals surface area (Å²) in [5, 5.41) is 0. The highest BCUT2D eigenvalue weighted by Gasteiger charge is 2.18. The Labute approximate surface area is 400 Å². The highest BCUT2D eigenvalue weighted by molar-refractivity contribution is 5.71. The molecule has 0 N–H and O–H groups in total. The second-order valence-electron chi connectivity index (χ2n) is 19.2. The summed E-state index contributed by atoms with van der Waals surface area (Å²) in [4.78, 5) is 14.9. The van der Waals surface area contributed by atoms with Crippen LogP contribution in [-0.4, -0.2) is 19.5 Å². The van der Waals surface area contributed by atoms with Crippen LogP contribution in [0.1, 0.15) is 122 Å². The first-order valence-corrected chi connectivity index (χ1v) is 25.5. The fraction of sp³-hybridized carbons (Fsp3) is 0.317. The molecule has 0 unspecified atom stereocenters. The molecule has 0 aliphatic carbocycles. The second kappa shape index (κ2) is 22.9. The summed E-state index contributed by atoms with van der Waals surface area (Å²) >= 11 is 0. The van der Waals surface area contributed by atoms with Crippen LogP contribution < -0.4 is 0 Å². The number of imidazole rings is 1. The van der Waals surface area contributed by atoms with Gasteiger partial charge in [0.1, 0.15) is 5.82 Å². The van der Waals surface area contributed by atoms with E-state index in [9.17, 15) is 0 Å². The van der Waals surface area contributed by atoms with E-state index >= 15 is 0 Å². The fourth-order valence-electron chi connectivity index (χ4n) is 10.1. The molecule has 6 aliphatic rings. The molecule has 0 atom stereocenters. The molecule has 6 aliphatic heterocycles. The number of fused-ring (bicyclic) bond motifs is 5. The van der Waals surface area contributed by atoms with Crippen LogP contribution in [0, 0.1) is 13.8 Å². The van der Waals surface area contributed by atoms with Gasteiger partial charge in [-0.25, -0.2) is 4.98 Å². The van der Waals surface area contributed by atoms with Crippen LogP contribution in [0.3, 0.4) is 0 Å². The largest absolute Gasteiger partial charge is 0.296 e. The molecule has 0 saturated carbocycles. The third-order valence-corrected chi connectivity index (χ3v) is 14.0. The topological polar surface area (TPSA) is 43.6 Å². The molecule has 3 aromatic heterocycles. The van der Waals surface area contributed by atoms with Crippen LogP contribution in [0.15, 0.2) is 158 Å². The molecule has 0 fully saturated rings. The number of nitrogens with zero attached hydrogens (tertiary/aromatic N) is 4. The van der Waals surface area contributed by atoms with Gasteiger partial charge in [0, 0.05) is 41.0 Å². The van der Waals surface area contributed by atoms with Crippen LogP contribution >= 0.6 is 0 Å². The lowest BCUT2D eigenvalue weighted by molar-refractivity contribution is 0.632. The number of hydrogen-bond acceptors (Lipinski definition) is 3. The Bertz CT molecular complexity index is 2740. The van der Waals surface area contributed by atoms with Gasteiger partial charge in [-0.1, -0.05) is 154 Å². The van der Waals surface area contributed by atoms with Gasteiger partial charge in [-0.05, 0) is 165 Å². The van der Waals surface area contributed by atoms with Gasteiger partial charge in [0.15, 0.2) is 0 Å². The van der Waals surface area contributed by atoms with Gasteiger partial charge in [-0.15, -0.1) is 0 Å². The summed E-state index contributed by atoms with van der Waals surface area (Å²) in [6.45, 7) is 4.53. The molecule has 14 rings (SSSR count). The first-order valence-electron chi connectivity index (χ1n) is 25.5. The maximum absolute atomic E-state index is 5.16. The molecule has 5 aromatic carbocycles. The summed E-state index contributed by atoms with van der Waals surface area (Å²) in [6, 6.07) is 51.8. The van der Waals surface area contributed by atoms with Gasteiger partial charge in [0.2, 0.25) is 0 Å². The fourth-order valence-corrected chi connectivity index (χ4v) is 10.1. The van der Waals surface area contributed by atoms with Crippen molar-refractivity contribution >= 4 is 0 Å². The molecular weight excluding hydrogens is 813 g/mol. The zero-order valence-electron chi connectivity index (χ0n) is 40.0. The Hall–Kier alpha value is -6.39. The van der Waals surface area contributed by atoms with Crippen molar-refractivity contribution in [2.75, 3.05) is 0 Å². The predicted molar refractivity (Wildman–Crippen MR) is 281 cm³/mol. The van der Waals surface area contributed by atoms with Crippen molar-refractivity contribution < 1.29 is 0 Å². The number of hydrogen-bond donors (Lipinski definition) is 0. The molecule has 0 saturated heterocycles. The van der Waals surface area contributed by atoms with Crippen LogP contribution in [0.25, 0.3) is 50.7 Å². The van der Waals surface area contributed by atoms with Crippen molar-refractivity contribution in [3.8, 4) is 50.7 Å². The van der Waals surface area contributed by atoms with Crippen molar-refractivity contribution in [1.82, 2.24) is 19.5 Å². The highest BCUT2D eigenvalue weighted by atomic mass is 15.1. The van der Waals surface area contributed by atoms with Gasteiger partial charge in [-0.2, -0.15) is 0 Å². The summed E-state index contributed by atoms with van der Waals surface area (Å²) < 4.78 is 2.47. The van der Waals surface area contributed by atoms with Gasteiger partial charge < -0.3 is 0 Å². The molecular formula is C63H68N4. The van der Waals surface area contributed by atoms with Gasteiger partial charge in [0.05, 0.1) is 17.1 Å². The minimum Gasteiger partial charge on any atom is -0.296 e. The smallest absolute Gasteiger partial charge is 0.144 e. The van der Waals surface area contributed by atoms with Gasteiger partial charge in [-0.3, -0.25) is 14.5 Å². The van der Waals surface area contributed by atoms with E-state index in [2.05, 4.69) is 177 Å². The lowest BCUT2D eigenvalue weighted by Gasteiger charge is -2.19. The molecule has 67 heavy (non-hydrogen) atoms. The first kappa shape index (κ1) is 45.8. The predicted octanol–water partition coefficient (Wildman–Crippen LogP) is 16.3. The van der Waals surface area contributed by atoms with Crippen molar-refractivity contribution in [3.05, 3.63) is 203 Å². The van der Waals surface area contributed by atoms with Crippen molar-refractivity contribution in [1.29, 1.82) is 0 Å². The SMILES string of the molecule is Cc1cc(-c2ccccc2)cc(C)c1-n1c2cnc1-c1ccc(cc1)CCCCCCc1ccc(nc1)-c1ccc(cc1)CCCCCCc1ccc(nc1)-c1ccc(cc1)CCCCCC2. The number of aryl methyl sites for hydroxylation is 8. The summed E-state index contributed by atoms with van der Waals surface area (Å²) in [7, 11) is 0. The Morgan fingerprint density at radius 3 is 1.16 bits per heavy atom. The molecule has 340 valence electrons. The molecule has 0 spiro atoms. The second-order valence-corrected chi connectivity index (χ2v) is 19.2. The van der Waals surface area contributed by atoms with Crippen molar-refractivity contribution in [3.63, 3.8) is 0 Å². The minimum atomic E-state index is 1.00. The van der Waals surface area contributed by atoms with E-state index < -0.39 is 0 Å². The van der Waals surface area contributed by atoms with E-state index in [4.69, 9.17) is 15.0 Å². The molecule has 8 aromatic rings. The molecule has 0 radical (unpaired) electrons. The molecule has 4 nitrogen and oxygen atoms in total.